The number of carbonyl (C=O) groups excluding carboxylic acids is 1. The summed E-state index contributed by atoms with van der Waals surface area (Å²) < 4.78 is 0. The number of benzene rings is 1. The fraction of sp³-hybridized carbons (Fsp3) is 0.533. The zero-order valence-corrected chi connectivity index (χ0v) is 11.1. The van der Waals surface area contributed by atoms with Gasteiger partial charge in [-0.25, -0.2) is 0 Å². The Morgan fingerprint density at radius 2 is 1.83 bits per heavy atom. The van der Waals surface area contributed by atoms with E-state index in [-0.39, 0.29) is 11.9 Å². The van der Waals surface area contributed by atoms with E-state index in [4.69, 9.17) is 5.73 Å². The molecule has 0 spiro atoms. The first kappa shape index (κ1) is 13.1. The van der Waals surface area contributed by atoms with Crippen LogP contribution in [0.3, 0.4) is 0 Å². The van der Waals surface area contributed by atoms with E-state index in [1.54, 1.807) is 0 Å². The van der Waals surface area contributed by atoms with Gasteiger partial charge in [0, 0.05) is 0 Å². The molecule has 1 aliphatic carbocycles. The molecule has 1 aliphatic rings. The molecule has 0 saturated heterocycles. The van der Waals surface area contributed by atoms with Gasteiger partial charge in [-0.1, -0.05) is 38.1 Å². The summed E-state index contributed by atoms with van der Waals surface area (Å²) in [6, 6.07) is 7.81. The molecular weight excluding hydrogens is 224 g/mol. The topological polar surface area (TPSA) is 55.1 Å². The lowest BCUT2D eigenvalue weighted by molar-refractivity contribution is -0.120. The van der Waals surface area contributed by atoms with Crippen LogP contribution in [0, 0.1) is 5.92 Å². The Morgan fingerprint density at radius 1 is 1.28 bits per heavy atom. The molecule has 0 radical (unpaired) electrons. The lowest BCUT2D eigenvalue weighted by atomic mass is 9.99. The number of nitrogens with one attached hydrogen (secondary N) is 1. The first-order valence-electron chi connectivity index (χ1n) is 6.70. The molecular formula is C15H22N2O. The fourth-order valence-electron chi connectivity index (χ4n) is 2.06. The fourth-order valence-corrected chi connectivity index (χ4v) is 2.06. The zero-order chi connectivity index (χ0) is 13.1. The van der Waals surface area contributed by atoms with Gasteiger partial charge < -0.3 is 11.1 Å². The van der Waals surface area contributed by atoms with E-state index in [0.717, 1.165) is 18.0 Å². The molecule has 0 aliphatic heterocycles. The van der Waals surface area contributed by atoms with Gasteiger partial charge in [0.05, 0.1) is 0 Å². The van der Waals surface area contributed by atoms with Crippen LogP contribution in [0.15, 0.2) is 24.3 Å². The van der Waals surface area contributed by atoms with Crippen LogP contribution in [0.4, 0.5) is 0 Å². The van der Waals surface area contributed by atoms with Crippen molar-refractivity contribution in [3.05, 3.63) is 35.4 Å². The Bertz CT molecular complexity index is 407. The summed E-state index contributed by atoms with van der Waals surface area (Å²) in [5, 5.41) is 3.27. The third-order valence-electron chi connectivity index (χ3n) is 3.53. The lowest BCUT2D eigenvalue weighted by Crippen LogP contribution is -2.34. The van der Waals surface area contributed by atoms with Crippen LogP contribution in [0.25, 0.3) is 0 Å². The predicted molar refractivity (Wildman–Crippen MR) is 73.2 cm³/mol. The average molecular weight is 246 g/mol. The number of primary amides is 1. The molecule has 0 heterocycles. The van der Waals surface area contributed by atoms with Gasteiger partial charge in [0.25, 0.3) is 0 Å². The highest BCUT2D eigenvalue weighted by Crippen LogP contribution is 2.28. The summed E-state index contributed by atoms with van der Waals surface area (Å²) >= 11 is 0. The minimum atomic E-state index is -0.355. The molecule has 0 bridgehead atoms. The summed E-state index contributed by atoms with van der Waals surface area (Å²) in [6.07, 6.45) is 2.54. The number of hydrogen-bond donors (Lipinski definition) is 2. The molecule has 1 aromatic rings. The Labute approximate surface area is 109 Å². The highest BCUT2D eigenvalue weighted by Gasteiger charge is 2.24. The lowest BCUT2D eigenvalue weighted by Gasteiger charge is -2.16. The van der Waals surface area contributed by atoms with Gasteiger partial charge in [-0.3, -0.25) is 4.79 Å². The quantitative estimate of drug-likeness (QED) is 0.809. The van der Waals surface area contributed by atoms with Gasteiger partial charge in [0.1, 0.15) is 6.04 Å². The molecule has 1 atom stereocenters. The van der Waals surface area contributed by atoms with Crippen molar-refractivity contribution >= 4 is 5.91 Å². The molecule has 1 aromatic carbocycles. The van der Waals surface area contributed by atoms with Crippen molar-refractivity contribution in [1.82, 2.24) is 5.32 Å². The molecule has 98 valence electrons. The molecule has 3 nitrogen and oxygen atoms in total. The highest BCUT2D eigenvalue weighted by molar-refractivity contribution is 5.81. The highest BCUT2D eigenvalue weighted by atomic mass is 16.1. The van der Waals surface area contributed by atoms with Gasteiger partial charge in [-0.2, -0.15) is 0 Å². The van der Waals surface area contributed by atoms with Crippen LogP contribution < -0.4 is 11.1 Å². The first-order chi connectivity index (χ1) is 8.58. The molecule has 3 N–H and O–H groups in total. The SMILES string of the molecule is CC(C)c1ccc(C(NCC2CC2)C(N)=O)cc1. The smallest absolute Gasteiger partial charge is 0.239 e. The Balaban J connectivity index is 2.06. The van der Waals surface area contributed by atoms with Gasteiger partial charge >= 0.3 is 0 Å². The van der Waals surface area contributed by atoms with E-state index in [1.165, 1.54) is 18.4 Å². The van der Waals surface area contributed by atoms with E-state index in [0.29, 0.717) is 5.92 Å². The summed E-state index contributed by atoms with van der Waals surface area (Å²) in [5.41, 5.74) is 7.72. The largest absolute Gasteiger partial charge is 0.368 e. The van der Waals surface area contributed by atoms with Gasteiger partial charge in [0.15, 0.2) is 0 Å². The van der Waals surface area contributed by atoms with Crippen molar-refractivity contribution in [3.63, 3.8) is 0 Å². The van der Waals surface area contributed by atoms with E-state index >= 15 is 0 Å². The second-order valence-electron chi connectivity index (χ2n) is 5.51. The van der Waals surface area contributed by atoms with Crippen molar-refractivity contribution in [3.8, 4) is 0 Å². The molecule has 1 amide bonds. The van der Waals surface area contributed by atoms with Gasteiger partial charge in [-0.15, -0.1) is 0 Å². The maximum absolute atomic E-state index is 11.5. The monoisotopic (exact) mass is 246 g/mol. The second-order valence-corrected chi connectivity index (χ2v) is 5.51. The third-order valence-corrected chi connectivity index (χ3v) is 3.53. The van der Waals surface area contributed by atoms with Crippen LogP contribution in [-0.2, 0) is 4.79 Å². The maximum Gasteiger partial charge on any atom is 0.239 e. The number of carbonyl (C=O) groups is 1. The first-order valence-corrected chi connectivity index (χ1v) is 6.70. The van der Waals surface area contributed by atoms with Crippen LogP contribution in [0.2, 0.25) is 0 Å². The van der Waals surface area contributed by atoms with Crippen LogP contribution in [0.1, 0.15) is 49.8 Å². The maximum atomic E-state index is 11.5. The zero-order valence-electron chi connectivity index (χ0n) is 11.1. The van der Waals surface area contributed by atoms with E-state index < -0.39 is 0 Å². The van der Waals surface area contributed by atoms with Crippen molar-refractivity contribution in [2.45, 2.75) is 38.6 Å². The second kappa shape index (κ2) is 5.53. The third kappa shape index (κ3) is 3.33. The summed E-state index contributed by atoms with van der Waals surface area (Å²) in [5.74, 6) is 0.945. The van der Waals surface area contributed by atoms with E-state index in [9.17, 15) is 4.79 Å². The summed E-state index contributed by atoms with van der Waals surface area (Å²) in [4.78, 5) is 11.5. The Kier molecular flexibility index (Phi) is 4.02. The standard InChI is InChI=1S/C15H22N2O/c1-10(2)12-5-7-13(8-6-12)14(15(16)18)17-9-11-3-4-11/h5-8,10-11,14,17H,3-4,9H2,1-2H3,(H2,16,18). The minimum Gasteiger partial charge on any atom is -0.368 e. The predicted octanol–water partition coefficient (Wildman–Crippen LogP) is 2.34. The number of hydrogen-bond acceptors (Lipinski definition) is 2. The van der Waals surface area contributed by atoms with Crippen LogP contribution >= 0.6 is 0 Å². The van der Waals surface area contributed by atoms with E-state index in [1.807, 2.05) is 12.1 Å². The Hall–Kier alpha value is -1.35. The summed E-state index contributed by atoms with van der Waals surface area (Å²) in [6.45, 7) is 5.21. The Morgan fingerprint density at radius 3 is 2.28 bits per heavy atom. The molecule has 2 rings (SSSR count). The van der Waals surface area contributed by atoms with Gasteiger partial charge in [0.2, 0.25) is 5.91 Å². The van der Waals surface area contributed by atoms with Crippen LogP contribution in [0.5, 0.6) is 0 Å². The van der Waals surface area contributed by atoms with E-state index in [2.05, 4.69) is 31.3 Å². The molecule has 1 fully saturated rings. The average Bonchev–Trinajstić information content (AvgIpc) is 3.13. The van der Waals surface area contributed by atoms with Crippen molar-refractivity contribution in [2.75, 3.05) is 6.54 Å². The molecule has 18 heavy (non-hydrogen) atoms. The van der Waals surface area contributed by atoms with Gasteiger partial charge in [-0.05, 0) is 42.3 Å². The number of amides is 1. The molecule has 1 saturated carbocycles. The van der Waals surface area contributed by atoms with Crippen LogP contribution in [-0.4, -0.2) is 12.5 Å². The summed E-state index contributed by atoms with van der Waals surface area (Å²) in [7, 11) is 0. The normalized spacial score (nSPS) is 16.8. The molecule has 1 unspecified atom stereocenters. The van der Waals surface area contributed by atoms with Crippen molar-refractivity contribution in [2.24, 2.45) is 11.7 Å². The number of nitrogens with two attached hydrogens (primary N) is 1. The molecule has 3 heteroatoms. The van der Waals surface area contributed by atoms with Crippen molar-refractivity contribution in [1.29, 1.82) is 0 Å². The number of rotatable bonds is 6. The van der Waals surface area contributed by atoms with Crippen molar-refractivity contribution < 1.29 is 4.79 Å². The molecule has 0 aromatic heterocycles. The minimum absolute atomic E-state index is 0.298.